The van der Waals surface area contributed by atoms with Crippen LogP contribution in [0.3, 0.4) is 0 Å². The second-order valence-corrected chi connectivity index (χ2v) is 14.8. The third-order valence-corrected chi connectivity index (χ3v) is 10.0. The van der Waals surface area contributed by atoms with Crippen LogP contribution in [-0.4, -0.2) is 24.6 Å². The summed E-state index contributed by atoms with van der Waals surface area (Å²) in [4.78, 5) is 24.9. The van der Waals surface area contributed by atoms with E-state index in [2.05, 4.69) is 39.8 Å². The molecule has 0 rings (SSSR count). The third-order valence-electron chi connectivity index (χ3n) is 10.0. The summed E-state index contributed by atoms with van der Waals surface area (Å²) in [6.07, 6.45) is 43.5. The van der Waals surface area contributed by atoms with Gasteiger partial charge in [-0.05, 0) is 76.5 Å². The molecule has 4 nitrogen and oxygen atoms in total. The molecule has 0 spiro atoms. The Kier molecular flexibility index (Phi) is 37.4. The Morgan fingerprint density at radius 3 is 1.35 bits per heavy atom. The molecule has 0 saturated heterocycles. The fourth-order valence-corrected chi connectivity index (χ4v) is 6.53. The number of rotatable bonds is 38. The van der Waals surface area contributed by atoms with E-state index >= 15 is 0 Å². The number of allylic oxidation sites excluding steroid dienone is 2. The van der Waals surface area contributed by atoms with Gasteiger partial charge in [0.05, 0.1) is 6.61 Å². The Bertz CT molecular complexity index is 702. The van der Waals surface area contributed by atoms with E-state index in [1.54, 1.807) is 0 Å². The monoisotopic (exact) mass is 677 g/mol. The first kappa shape index (κ1) is 46.7. The van der Waals surface area contributed by atoms with Crippen molar-refractivity contribution in [1.82, 2.24) is 0 Å². The van der Waals surface area contributed by atoms with E-state index in [9.17, 15) is 9.59 Å². The zero-order chi connectivity index (χ0) is 35.2. The van der Waals surface area contributed by atoms with Crippen molar-refractivity contribution in [2.45, 2.75) is 246 Å². The van der Waals surface area contributed by atoms with Crippen molar-refractivity contribution in [2.75, 3.05) is 6.61 Å². The second-order valence-electron chi connectivity index (χ2n) is 14.8. The maximum Gasteiger partial charge on any atom is 0.306 e. The topological polar surface area (TPSA) is 52.6 Å². The van der Waals surface area contributed by atoms with E-state index in [0.29, 0.717) is 25.4 Å². The van der Waals surface area contributed by atoms with Crippen LogP contribution in [0.25, 0.3) is 0 Å². The highest BCUT2D eigenvalue weighted by Gasteiger charge is 2.15. The third kappa shape index (κ3) is 34.5. The summed E-state index contributed by atoms with van der Waals surface area (Å²) in [6, 6.07) is 0. The molecule has 2 unspecified atom stereocenters. The van der Waals surface area contributed by atoms with E-state index in [1.165, 1.54) is 122 Å². The van der Waals surface area contributed by atoms with Crippen molar-refractivity contribution in [1.29, 1.82) is 0 Å². The van der Waals surface area contributed by atoms with Crippen molar-refractivity contribution in [3.05, 3.63) is 12.2 Å². The fourth-order valence-electron chi connectivity index (χ4n) is 6.53. The summed E-state index contributed by atoms with van der Waals surface area (Å²) in [7, 11) is 0. The van der Waals surface area contributed by atoms with Crippen LogP contribution in [0.5, 0.6) is 0 Å². The van der Waals surface area contributed by atoms with Gasteiger partial charge in [0.2, 0.25) is 0 Å². The molecule has 0 N–H and O–H groups in total. The van der Waals surface area contributed by atoms with Crippen molar-refractivity contribution in [3.63, 3.8) is 0 Å². The minimum Gasteiger partial charge on any atom is -0.465 e. The highest BCUT2D eigenvalue weighted by Crippen LogP contribution is 2.19. The van der Waals surface area contributed by atoms with Crippen LogP contribution in [0.15, 0.2) is 12.2 Å². The summed E-state index contributed by atoms with van der Waals surface area (Å²) >= 11 is 0. The van der Waals surface area contributed by atoms with Gasteiger partial charge in [0, 0.05) is 12.8 Å². The van der Waals surface area contributed by atoms with Gasteiger partial charge in [-0.15, -0.1) is 0 Å². The Morgan fingerprint density at radius 1 is 0.458 bits per heavy atom. The highest BCUT2D eigenvalue weighted by atomic mass is 16.5. The lowest BCUT2D eigenvalue weighted by Crippen LogP contribution is -2.18. The van der Waals surface area contributed by atoms with E-state index < -0.39 is 0 Å². The van der Waals surface area contributed by atoms with Gasteiger partial charge in [-0.1, -0.05) is 168 Å². The predicted octanol–water partition coefficient (Wildman–Crippen LogP) is 14.6. The van der Waals surface area contributed by atoms with E-state index in [4.69, 9.17) is 9.47 Å². The molecule has 0 saturated carbocycles. The largest absolute Gasteiger partial charge is 0.465 e. The molecule has 0 aliphatic heterocycles. The van der Waals surface area contributed by atoms with Crippen LogP contribution in [0, 0.1) is 5.92 Å². The molecule has 0 aliphatic rings. The van der Waals surface area contributed by atoms with E-state index in [0.717, 1.165) is 77.0 Å². The zero-order valence-corrected chi connectivity index (χ0v) is 33.0. The Labute approximate surface area is 300 Å². The minimum atomic E-state index is -0.0298. The van der Waals surface area contributed by atoms with Crippen molar-refractivity contribution >= 4 is 11.9 Å². The SMILES string of the molecule is CCCCCCCC/C=C\CCCCCCCC(=O)OC(CCCCCCCCC)CCCCCCCC(=O)OCC(CC)CCCC. The van der Waals surface area contributed by atoms with Gasteiger partial charge in [-0.25, -0.2) is 0 Å². The van der Waals surface area contributed by atoms with E-state index in [1.807, 2.05) is 0 Å². The van der Waals surface area contributed by atoms with Crippen molar-refractivity contribution < 1.29 is 19.1 Å². The molecule has 48 heavy (non-hydrogen) atoms. The average molecular weight is 677 g/mol. The lowest BCUT2D eigenvalue weighted by atomic mass is 10.0. The first-order valence-corrected chi connectivity index (χ1v) is 21.6. The van der Waals surface area contributed by atoms with Crippen LogP contribution in [-0.2, 0) is 19.1 Å². The van der Waals surface area contributed by atoms with E-state index in [-0.39, 0.29) is 18.0 Å². The molecule has 0 aromatic rings. The Hall–Kier alpha value is -1.32. The van der Waals surface area contributed by atoms with Gasteiger partial charge < -0.3 is 9.47 Å². The molecule has 0 amide bonds. The maximum atomic E-state index is 12.7. The number of hydrogen-bond acceptors (Lipinski definition) is 4. The Balaban J connectivity index is 4.12. The number of hydrogen-bond donors (Lipinski definition) is 0. The van der Waals surface area contributed by atoms with Crippen molar-refractivity contribution in [3.8, 4) is 0 Å². The first-order valence-electron chi connectivity index (χ1n) is 21.6. The molecule has 0 radical (unpaired) electrons. The highest BCUT2D eigenvalue weighted by molar-refractivity contribution is 5.69. The van der Waals surface area contributed by atoms with Crippen LogP contribution < -0.4 is 0 Å². The molecule has 4 heteroatoms. The fraction of sp³-hybridized carbons (Fsp3) is 0.909. The van der Waals surface area contributed by atoms with Crippen LogP contribution in [0.4, 0.5) is 0 Å². The first-order chi connectivity index (χ1) is 23.6. The minimum absolute atomic E-state index is 0.0130. The summed E-state index contributed by atoms with van der Waals surface area (Å²) in [6.45, 7) is 9.53. The number of unbranched alkanes of at least 4 members (excludes halogenated alkanes) is 22. The normalized spacial score (nSPS) is 12.8. The van der Waals surface area contributed by atoms with Gasteiger partial charge in [0.1, 0.15) is 6.10 Å². The molecule has 0 heterocycles. The Morgan fingerprint density at radius 2 is 0.875 bits per heavy atom. The second kappa shape index (κ2) is 38.5. The zero-order valence-electron chi connectivity index (χ0n) is 33.0. The summed E-state index contributed by atoms with van der Waals surface area (Å²) in [5, 5.41) is 0. The smallest absolute Gasteiger partial charge is 0.306 e. The maximum absolute atomic E-state index is 12.7. The molecule has 0 aromatic heterocycles. The number of esters is 2. The number of ether oxygens (including phenoxy) is 2. The standard InChI is InChI=1S/C44H84O4/c1-5-9-12-14-16-17-18-19-20-21-22-23-25-29-34-39-44(46)48-42(36-31-27-24-15-13-10-6-2)37-32-28-26-30-33-38-43(45)47-40-41(8-4)35-11-7-3/h19-20,41-42H,5-18,21-40H2,1-4H3/b20-19-. The lowest BCUT2D eigenvalue weighted by Gasteiger charge is -2.18. The van der Waals surface area contributed by atoms with Gasteiger partial charge >= 0.3 is 11.9 Å². The molecule has 284 valence electrons. The quantitative estimate of drug-likeness (QED) is 0.0371. The lowest BCUT2D eigenvalue weighted by molar-refractivity contribution is -0.150. The van der Waals surface area contributed by atoms with Crippen LogP contribution in [0.1, 0.15) is 240 Å². The van der Waals surface area contributed by atoms with Crippen molar-refractivity contribution in [2.24, 2.45) is 5.92 Å². The number of carbonyl (C=O) groups excluding carboxylic acids is 2. The average Bonchev–Trinajstić information content (AvgIpc) is 3.09. The van der Waals surface area contributed by atoms with Gasteiger partial charge in [-0.2, -0.15) is 0 Å². The summed E-state index contributed by atoms with van der Waals surface area (Å²) in [5.41, 5.74) is 0. The summed E-state index contributed by atoms with van der Waals surface area (Å²) in [5.74, 6) is 0.496. The molecule has 2 atom stereocenters. The van der Waals surface area contributed by atoms with Crippen LogP contribution >= 0.6 is 0 Å². The number of carbonyl (C=O) groups is 2. The van der Waals surface area contributed by atoms with Crippen LogP contribution in [0.2, 0.25) is 0 Å². The van der Waals surface area contributed by atoms with Gasteiger partial charge in [0.15, 0.2) is 0 Å². The predicted molar refractivity (Wildman–Crippen MR) is 209 cm³/mol. The summed E-state index contributed by atoms with van der Waals surface area (Å²) < 4.78 is 11.6. The molecule has 0 aliphatic carbocycles. The van der Waals surface area contributed by atoms with Gasteiger partial charge in [-0.3, -0.25) is 9.59 Å². The van der Waals surface area contributed by atoms with Gasteiger partial charge in [0.25, 0.3) is 0 Å². The molecule has 0 bridgehead atoms. The molecular formula is C44H84O4. The molecule has 0 aromatic carbocycles. The molecule has 0 fully saturated rings. The molecular weight excluding hydrogens is 592 g/mol.